The molecule has 0 radical (unpaired) electrons. The van der Waals surface area contributed by atoms with E-state index in [0.717, 1.165) is 42.1 Å². The molecule has 4 rings (SSSR count). The van der Waals surface area contributed by atoms with Gasteiger partial charge in [0, 0.05) is 11.6 Å². The average Bonchev–Trinajstić information content (AvgIpc) is 3.34. The zero-order valence-corrected chi connectivity index (χ0v) is 16.7. The lowest BCUT2D eigenvalue weighted by Gasteiger charge is -2.25. The number of likely N-dealkylation sites (tertiary alicyclic amines) is 1. The van der Waals surface area contributed by atoms with Crippen LogP contribution in [0, 0.1) is 6.92 Å². The van der Waals surface area contributed by atoms with E-state index in [1.54, 1.807) is 18.0 Å². The summed E-state index contributed by atoms with van der Waals surface area (Å²) in [6.45, 7) is 2.65. The molecule has 144 valence electrons. The maximum Gasteiger partial charge on any atom is 0.257 e. The maximum atomic E-state index is 13.3. The smallest absolute Gasteiger partial charge is 0.257 e. The molecular formula is C22H22ClN3O2. The molecule has 0 N–H and O–H groups in total. The second kappa shape index (κ2) is 7.68. The summed E-state index contributed by atoms with van der Waals surface area (Å²) >= 11 is 6.11. The van der Waals surface area contributed by atoms with Gasteiger partial charge < -0.3 is 9.64 Å². The molecule has 5 nitrogen and oxygen atoms in total. The molecule has 2 heterocycles. The van der Waals surface area contributed by atoms with Crippen molar-refractivity contribution in [3.8, 4) is 11.4 Å². The SMILES string of the molecule is COc1cccc(C2CCCN2C(=O)c2cnn(-c3cccc(Cl)c3)c2C)c1. The highest BCUT2D eigenvalue weighted by atomic mass is 35.5. The minimum absolute atomic E-state index is 0.0103. The van der Waals surface area contributed by atoms with E-state index in [0.29, 0.717) is 10.6 Å². The highest BCUT2D eigenvalue weighted by Gasteiger charge is 2.32. The Bertz CT molecular complexity index is 1010. The van der Waals surface area contributed by atoms with Crippen LogP contribution in [0.3, 0.4) is 0 Å². The number of aromatic nitrogens is 2. The van der Waals surface area contributed by atoms with Crippen molar-refractivity contribution in [1.29, 1.82) is 0 Å². The van der Waals surface area contributed by atoms with E-state index < -0.39 is 0 Å². The summed E-state index contributed by atoms with van der Waals surface area (Å²) in [6, 6.07) is 15.5. The van der Waals surface area contributed by atoms with Gasteiger partial charge in [-0.05, 0) is 55.7 Å². The maximum absolute atomic E-state index is 13.3. The van der Waals surface area contributed by atoms with Crippen LogP contribution in [0.2, 0.25) is 5.02 Å². The summed E-state index contributed by atoms with van der Waals surface area (Å²) in [5.74, 6) is 0.817. The molecule has 1 aliphatic rings. The fraction of sp³-hybridized carbons (Fsp3) is 0.273. The Morgan fingerprint density at radius 3 is 2.82 bits per heavy atom. The molecule has 1 amide bonds. The Hall–Kier alpha value is -2.79. The summed E-state index contributed by atoms with van der Waals surface area (Å²) < 4.78 is 7.11. The molecule has 0 aliphatic carbocycles. The molecule has 2 aromatic carbocycles. The van der Waals surface area contributed by atoms with Crippen molar-refractivity contribution in [2.24, 2.45) is 0 Å². The van der Waals surface area contributed by atoms with Crippen LogP contribution in [0.5, 0.6) is 5.75 Å². The lowest BCUT2D eigenvalue weighted by molar-refractivity contribution is 0.0734. The molecule has 6 heteroatoms. The van der Waals surface area contributed by atoms with Crippen molar-refractivity contribution in [2.45, 2.75) is 25.8 Å². The number of rotatable bonds is 4. The first-order valence-corrected chi connectivity index (χ1v) is 9.72. The summed E-state index contributed by atoms with van der Waals surface area (Å²) in [5.41, 5.74) is 3.37. The van der Waals surface area contributed by atoms with E-state index in [1.165, 1.54) is 0 Å². The van der Waals surface area contributed by atoms with Crippen LogP contribution < -0.4 is 4.74 Å². The Kier molecular flexibility index (Phi) is 5.09. The van der Waals surface area contributed by atoms with E-state index in [4.69, 9.17) is 16.3 Å². The zero-order chi connectivity index (χ0) is 19.7. The molecule has 28 heavy (non-hydrogen) atoms. The van der Waals surface area contributed by atoms with E-state index in [1.807, 2.05) is 54.3 Å². The summed E-state index contributed by atoms with van der Waals surface area (Å²) in [7, 11) is 1.66. The standard InChI is InChI=1S/C22H22ClN3O2/c1-15-20(14-24-26(15)18-8-4-7-17(23)13-18)22(27)25-11-5-10-21(25)16-6-3-9-19(12-16)28-2/h3-4,6-9,12-14,21H,5,10-11H2,1-2H3. The van der Waals surface area contributed by atoms with Gasteiger partial charge in [-0.15, -0.1) is 0 Å². The molecule has 0 bridgehead atoms. The number of methoxy groups -OCH3 is 1. The van der Waals surface area contributed by atoms with Crippen LogP contribution >= 0.6 is 11.6 Å². The summed E-state index contributed by atoms with van der Waals surface area (Å²) in [4.78, 5) is 15.3. The number of amides is 1. The molecular weight excluding hydrogens is 374 g/mol. The van der Waals surface area contributed by atoms with Gasteiger partial charge in [-0.1, -0.05) is 29.8 Å². The number of carbonyl (C=O) groups is 1. The van der Waals surface area contributed by atoms with E-state index in [-0.39, 0.29) is 11.9 Å². The van der Waals surface area contributed by atoms with Crippen LogP contribution in [0.15, 0.2) is 54.7 Å². The summed E-state index contributed by atoms with van der Waals surface area (Å²) in [5, 5.41) is 5.07. The third-order valence-electron chi connectivity index (χ3n) is 5.29. The number of hydrogen-bond acceptors (Lipinski definition) is 3. The third-order valence-corrected chi connectivity index (χ3v) is 5.52. The van der Waals surface area contributed by atoms with Crippen LogP contribution in [-0.4, -0.2) is 34.2 Å². The van der Waals surface area contributed by atoms with Gasteiger partial charge in [0.25, 0.3) is 5.91 Å². The molecule has 1 saturated heterocycles. The number of benzene rings is 2. The van der Waals surface area contributed by atoms with E-state index in [9.17, 15) is 4.79 Å². The normalized spacial score (nSPS) is 16.4. The minimum Gasteiger partial charge on any atom is -0.497 e. The predicted molar refractivity (Wildman–Crippen MR) is 109 cm³/mol. The van der Waals surface area contributed by atoms with Crippen LogP contribution in [0.25, 0.3) is 5.69 Å². The largest absolute Gasteiger partial charge is 0.497 e. The van der Waals surface area contributed by atoms with Gasteiger partial charge in [-0.2, -0.15) is 5.10 Å². The minimum atomic E-state index is 0.0103. The van der Waals surface area contributed by atoms with Gasteiger partial charge >= 0.3 is 0 Å². The first kappa shape index (κ1) is 18.6. The Morgan fingerprint density at radius 1 is 1.21 bits per heavy atom. The van der Waals surface area contributed by atoms with Crippen molar-refractivity contribution in [3.63, 3.8) is 0 Å². The Balaban J connectivity index is 1.64. The Morgan fingerprint density at radius 2 is 2.04 bits per heavy atom. The van der Waals surface area contributed by atoms with Crippen LogP contribution in [0.1, 0.15) is 40.5 Å². The first-order chi connectivity index (χ1) is 13.6. The molecule has 0 saturated carbocycles. The lowest BCUT2D eigenvalue weighted by atomic mass is 10.0. The van der Waals surface area contributed by atoms with Crippen LogP contribution in [-0.2, 0) is 0 Å². The van der Waals surface area contributed by atoms with Gasteiger partial charge in [-0.25, -0.2) is 4.68 Å². The predicted octanol–water partition coefficient (Wildman–Crippen LogP) is 4.82. The number of nitrogens with zero attached hydrogens (tertiary/aromatic N) is 3. The van der Waals surface area contributed by atoms with Crippen molar-refractivity contribution >= 4 is 17.5 Å². The second-order valence-corrected chi connectivity index (χ2v) is 7.40. The summed E-state index contributed by atoms with van der Waals surface area (Å²) in [6.07, 6.45) is 3.58. The van der Waals surface area contributed by atoms with Gasteiger partial charge in [0.15, 0.2) is 0 Å². The average molecular weight is 396 g/mol. The van der Waals surface area contributed by atoms with Gasteiger partial charge in [0.1, 0.15) is 5.75 Å². The van der Waals surface area contributed by atoms with E-state index in [2.05, 4.69) is 11.2 Å². The second-order valence-electron chi connectivity index (χ2n) is 6.97. The number of hydrogen-bond donors (Lipinski definition) is 0. The van der Waals surface area contributed by atoms with Gasteiger partial charge in [0.2, 0.25) is 0 Å². The molecule has 3 aromatic rings. The lowest BCUT2D eigenvalue weighted by Crippen LogP contribution is -2.30. The highest BCUT2D eigenvalue weighted by Crippen LogP contribution is 2.35. The third kappa shape index (κ3) is 3.38. The molecule has 1 aliphatic heterocycles. The fourth-order valence-corrected chi connectivity index (χ4v) is 4.03. The number of carbonyl (C=O) groups excluding carboxylic acids is 1. The van der Waals surface area contributed by atoms with Crippen LogP contribution in [0.4, 0.5) is 0 Å². The molecule has 1 fully saturated rings. The molecule has 1 atom stereocenters. The van der Waals surface area contributed by atoms with Gasteiger partial charge in [-0.3, -0.25) is 4.79 Å². The van der Waals surface area contributed by atoms with Crippen molar-refractivity contribution in [2.75, 3.05) is 13.7 Å². The van der Waals surface area contributed by atoms with E-state index >= 15 is 0 Å². The molecule has 1 aromatic heterocycles. The fourth-order valence-electron chi connectivity index (χ4n) is 3.85. The highest BCUT2D eigenvalue weighted by molar-refractivity contribution is 6.30. The molecule has 1 unspecified atom stereocenters. The monoisotopic (exact) mass is 395 g/mol. The topological polar surface area (TPSA) is 47.4 Å². The first-order valence-electron chi connectivity index (χ1n) is 9.34. The number of ether oxygens (including phenoxy) is 1. The quantitative estimate of drug-likeness (QED) is 0.636. The van der Waals surface area contributed by atoms with Gasteiger partial charge in [0.05, 0.1) is 36.3 Å². The van der Waals surface area contributed by atoms with Crippen molar-refractivity contribution in [3.05, 3.63) is 76.6 Å². The zero-order valence-electron chi connectivity index (χ0n) is 15.9. The van der Waals surface area contributed by atoms with Crippen molar-refractivity contribution < 1.29 is 9.53 Å². The number of halogens is 1. The Labute approximate surface area is 169 Å². The molecule has 0 spiro atoms. The van der Waals surface area contributed by atoms with Crippen molar-refractivity contribution in [1.82, 2.24) is 14.7 Å².